The summed E-state index contributed by atoms with van der Waals surface area (Å²) in [6.45, 7) is 0.664. The van der Waals surface area contributed by atoms with Crippen LogP contribution in [-0.2, 0) is 20.8 Å². The van der Waals surface area contributed by atoms with Crippen molar-refractivity contribution in [3.05, 3.63) is 53.1 Å². The van der Waals surface area contributed by atoms with Crippen LogP contribution >= 0.6 is 11.6 Å². The Morgan fingerprint density at radius 2 is 2.03 bits per heavy atom. The molecule has 0 aromatic heterocycles. The van der Waals surface area contributed by atoms with Crippen molar-refractivity contribution < 1.29 is 14.4 Å². The number of rotatable bonds is 5. The molecule has 4 rings (SSSR count). The van der Waals surface area contributed by atoms with Crippen LogP contribution in [0.5, 0.6) is 0 Å². The Morgan fingerprint density at radius 1 is 1.21 bits per heavy atom. The molecule has 2 aromatic rings. The van der Waals surface area contributed by atoms with Crippen LogP contribution in [0.25, 0.3) is 0 Å². The number of anilines is 3. The first kappa shape index (κ1) is 19.5. The lowest BCUT2D eigenvalue weighted by molar-refractivity contribution is -0.121. The van der Waals surface area contributed by atoms with Gasteiger partial charge in [0.2, 0.25) is 17.7 Å². The van der Waals surface area contributed by atoms with E-state index in [1.807, 2.05) is 24.3 Å². The van der Waals surface area contributed by atoms with Gasteiger partial charge < -0.3 is 15.5 Å². The number of hydrogen-bond donors (Lipinski definition) is 2. The molecule has 0 radical (unpaired) electrons. The van der Waals surface area contributed by atoms with Gasteiger partial charge in [0, 0.05) is 36.7 Å². The van der Waals surface area contributed by atoms with Crippen molar-refractivity contribution in [1.29, 1.82) is 0 Å². The molecule has 3 amide bonds. The number of halogens is 1. The maximum absolute atomic E-state index is 12.4. The minimum Gasteiger partial charge on any atom is -0.326 e. The highest BCUT2D eigenvalue weighted by Crippen LogP contribution is 2.32. The SMILES string of the molecule is O=C(CCC1Cc2ccccc2NC1=O)Nc1ccc(N2CCCC2=O)c(Cl)c1. The highest BCUT2D eigenvalue weighted by atomic mass is 35.5. The van der Waals surface area contributed by atoms with Crippen molar-refractivity contribution in [2.45, 2.75) is 32.1 Å². The smallest absolute Gasteiger partial charge is 0.227 e. The van der Waals surface area contributed by atoms with Gasteiger partial charge in [-0.05, 0) is 49.1 Å². The molecule has 2 N–H and O–H groups in total. The van der Waals surface area contributed by atoms with Gasteiger partial charge in [0.15, 0.2) is 0 Å². The van der Waals surface area contributed by atoms with Gasteiger partial charge in [0.05, 0.1) is 10.7 Å². The summed E-state index contributed by atoms with van der Waals surface area (Å²) in [4.78, 5) is 38.2. The summed E-state index contributed by atoms with van der Waals surface area (Å²) in [6.07, 6.45) is 2.71. The molecule has 0 bridgehead atoms. The van der Waals surface area contributed by atoms with Crippen molar-refractivity contribution in [3.8, 4) is 0 Å². The van der Waals surface area contributed by atoms with E-state index >= 15 is 0 Å². The van der Waals surface area contributed by atoms with Gasteiger partial charge in [-0.15, -0.1) is 0 Å². The van der Waals surface area contributed by atoms with Gasteiger partial charge in [-0.3, -0.25) is 14.4 Å². The molecule has 2 aliphatic heterocycles. The van der Waals surface area contributed by atoms with E-state index in [1.54, 1.807) is 23.1 Å². The summed E-state index contributed by atoms with van der Waals surface area (Å²) < 4.78 is 0. The minimum atomic E-state index is -0.220. The lowest BCUT2D eigenvalue weighted by atomic mass is 9.89. The van der Waals surface area contributed by atoms with Gasteiger partial charge in [-0.25, -0.2) is 0 Å². The highest BCUT2D eigenvalue weighted by molar-refractivity contribution is 6.34. The van der Waals surface area contributed by atoms with Gasteiger partial charge in [0.25, 0.3) is 0 Å². The number of amides is 3. The lowest BCUT2D eigenvalue weighted by Gasteiger charge is -2.24. The Labute approximate surface area is 174 Å². The molecular formula is C22H22ClN3O3. The zero-order chi connectivity index (χ0) is 20.4. The molecule has 6 nitrogen and oxygen atoms in total. The zero-order valence-electron chi connectivity index (χ0n) is 15.9. The lowest BCUT2D eigenvalue weighted by Crippen LogP contribution is -2.30. The van der Waals surface area contributed by atoms with Crippen molar-refractivity contribution in [2.75, 3.05) is 22.1 Å². The second kappa shape index (κ2) is 8.25. The first-order chi connectivity index (χ1) is 14.0. The van der Waals surface area contributed by atoms with Gasteiger partial charge in [-0.1, -0.05) is 29.8 Å². The summed E-state index contributed by atoms with van der Waals surface area (Å²) in [6, 6.07) is 12.9. The fraction of sp³-hybridized carbons (Fsp3) is 0.318. The molecule has 7 heteroatoms. The fourth-order valence-electron chi connectivity index (χ4n) is 3.88. The third-order valence-electron chi connectivity index (χ3n) is 5.43. The number of hydrogen-bond acceptors (Lipinski definition) is 3. The Morgan fingerprint density at radius 3 is 2.79 bits per heavy atom. The second-order valence-electron chi connectivity index (χ2n) is 7.45. The van der Waals surface area contributed by atoms with Crippen LogP contribution in [0.3, 0.4) is 0 Å². The number of fused-ring (bicyclic) bond motifs is 1. The van der Waals surface area contributed by atoms with Crippen molar-refractivity contribution in [1.82, 2.24) is 0 Å². The van der Waals surface area contributed by atoms with E-state index in [-0.39, 0.29) is 30.1 Å². The molecule has 2 aromatic carbocycles. The van der Waals surface area contributed by atoms with Crippen LogP contribution in [0.15, 0.2) is 42.5 Å². The predicted octanol–water partition coefficient (Wildman–Crippen LogP) is 4.00. The summed E-state index contributed by atoms with van der Waals surface area (Å²) in [5.41, 5.74) is 3.19. The number of carbonyl (C=O) groups excluding carboxylic acids is 3. The van der Waals surface area contributed by atoms with Crippen molar-refractivity contribution in [2.24, 2.45) is 5.92 Å². The van der Waals surface area contributed by atoms with E-state index in [2.05, 4.69) is 10.6 Å². The normalized spacial score (nSPS) is 18.4. The first-order valence-corrected chi connectivity index (χ1v) is 10.2. The molecule has 1 unspecified atom stereocenters. The number of nitrogens with zero attached hydrogens (tertiary/aromatic N) is 1. The van der Waals surface area contributed by atoms with E-state index < -0.39 is 0 Å². The van der Waals surface area contributed by atoms with E-state index in [0.29, 0.717) is 42.2 Å². The Balaban J connectivity index is 1.34. The van der Waals surface area contributed by atoms with Crippen LogP contribution in [0.4, 0.5) is 17.1 Å². The van der Waals surface area contributed by atoms with Crippen LogP contribution in [-0.4, -0.2) is 24.3 Å². The average Bonchev–Trinajstić information content (AvgIpc) is 3.12. The number of benzene rings is 2. The molecule has 2 heterocycles. The van der Waals surface area contributed by atoms with Crippen LogP contribution in [0, 0.1) is 5.92 Å². The molecular weight excluding hydrogens is 390 g/mol. The number of nitrogens with one attached hydrogen (secondary N) is 2. The van der Waals surface area contributed by atoms with E-state index in [0.717, 1.165) is 17.7 Å². The summed E-state index contributed by atoms with van der Waals surface area (Å²) >= 11 is 6.33. The van der Waals surface area contributed by atoms with Gasteiger partial charge in [-0.2, -0.15) is 0 Å². The van der Waals surface area contributed by atoms with Crippen LogP contribution < -0.4 is 15.5 Å². The van der Waals surface area contributed by atoms with Crippen LogP contribution in [0.1, 0.15) is 31.2 Å². The molecule has 0 saturated carbocycles. The van der Waals surface area contributed by atoms with Crippen LogP contribution in [0.2, 0.25) is 5.02 Å². The summed E-state index contributed by atoms with van der Waals surface area (Å²) in [5, 5.41) is 6.17. The van der Waals surface area contributed by atoms with Crippen molar-refractivity contribution >= 4 is 46.4 Å². The van der Waals surface area contributed by atoms with Gasteiger partial charge in [0.1, 0.15) is 0 Å². The Hall–Kier alpha value is -2.86. The summed E-state index contributed by atoms with van der Waals surface area (Å²) in [5.74, 6) is -0.365. The molecule has 150 valence electrons. The number of carbonyl (C=O) groups is 3. The molecule has 1 atom stereocenters. The summed E-state index contributed by atoms with van der Waals surface area (Å²) in [7, 11) is 0. The van der Waals surface area contributed by atoms with E-state index in [9.17, 15) is 14.4 Å². The minimum absolute atomic E-state index is 0.0424. The number of para-hydroxylation sites is 1. The molecule has 2 aliphatic rings. The quantitative estimate of drug-likeness (QED) is 0.780. The first-order valence-electron chi connectivity index (χ1n) is 9.80. The zero-order valence-corrected chi connectivity index (χ0v) is 16.7. The van der Waals surface area contributed by atoms with Gasteiger partial charge >= 0.3 is 0 Å². The molecule has 0 aliphatic carbocycles. The van der Waals surface area contributed by atoms with Crippen molar-refractivity contribution in [3.63, 3.8) is 0 Å². The molecule has 29 heavy (non-hydrogen) atoms. The van der Waals surface area contributed by atoms with E-state index in [1.165, 1.54) is 0 Å². The largest absolute Gasteiger partial charge is 0.326 e. The Kier molecular flexibility index (Phi) is 5.53. The second-order valence-corrected chi connectivity index (χ2v) is 7.86. The predicted molar refractivity (Wildman–Crippen MR) is 113 cm³/mol. The standard InChI is InChI=1S/C22H22ClN3O3/c23-17-13-16(8-9-19(17)26-11-3-6-21(26)28)24-20(27)10-7-15-12-14-4-1-2-5-18(14)25-22(15)29/h1-2,4-5,8-9,13,15H,3,6-7,10-12H2,(H,24,27)(H,25,29). The molecule has 0 spiro atoms. The maximum Gasteiger partial charge on any atom is 0.227 e. The fourth-order valence-corrected chi connectivity index (χ4v) is 4.16. The third kappa shape index (κ3) is 4.27. The highest BCUT2D eigenvalue weighted by Gasteiger charge is 2.26. The maximum atomic E-state index is 12.4. The third-order valence-corrected chi connectivity index (χ3v) is 5.73. The molecule has 1 saturated heterocycles. The monoisotopic (exact) mass is 411 g/mol. The molecule has 1 fully saturated rings. The average molecular weight is 412 g/mol. The Bertz CT molecular complexity index is 976. The van der Waals surface area contributed by atoms with E-state index in [4.69, 9.17) is 11.6 Å². The topological polar surface area (TPSA) is 78.5 Å².